The van der Waals surface area contributed by atoms with Gasteiger partial charge in [-0.15, -0.1) is 0 Å². The Labute approximate surface area is 108 Å². The summed E-state index contributed by atoms with van der Waals surface area (Å²) < 4.78 is 6.17. The average Bonchev–Trinajstić information content (AvgIpc) is 3.06. The third-order valence-corrected chi connectivity index (χ3v) is 4.46. The van der Waals surface area contributed by atoms with Gasteiger partial charge in [0.15, 0.2) is 0 Å². The molecule has 1 aliphatic heterocycles. The Kier molecular flexibility index (Phi) is 2.49. The molecule has 18 heavy (non-hydrogen) atoms. The predicted octanol–water partition coefficient (Wildman–Crippen LogP) is 2.38. The minimum absolute atomic E-state index is 0.0190. The molecule has 3 nitrogen and oxygen atoms in total. The van der Waals surface area contributed by atoms with Crippen LogP contribution in [0.1, 0.15) is 31.9 Å². The van der Waals surface area contributed by atoms with Crippen molar-refractivity contribution >= 4 is 5.91 Å². The Morgan fingerprint density at radius 2 is 2.00 bits per heavy atom. The number of hydrogen-bond acceptors (Lipinski definition) is 2. The Morgan fingerprint density at radius 3 is 2.67 bits per heavy atom. The molecule has 2 aliphatic rings. The predicted molar refractivity (Wildman–Crippen MR) is 69.0 cm³/mol. The van der Waals surface area contributed by atoms with Crippen LogP contribution in [0.15, 0.2) is 30.3 Å². The largest absolute Gasteiger partial charge is 0.367 e. The van der Waals surface area contributed by atoms with Crippen LogP contribution in [-0.4, -0.2) is 30.0 Å². The molecule has 96 valence electrons. The lowest BCUT2D eigenvalue weighted by atomic mass is 10.0. The summed E-state index contributed by atoms with van der Waals surface area (Å²) in [7, 11) is 1.89. The van der Waals surface area contributed by atoms with Gasteiger partial charge in [-0.2, -0.15) is 0 Å². The van der Waals surface area contributed by atoms with E-state index >= 15 is 0 Å². The molecule has 0 bridgehead atoms. The van der Waals surface area contributed by atoms with Gasteiger partial charge >= 0.3 is 0 Å². The molecule has 1 saturated heterocycles. The summed E-state index contributed by atoms with van der Waals surface area (Å²) in [4.78, 5) is 14.2. The van der Waals surface area contributed by atoms with Crippen LogP contribution in [0, 0.1) is 5.41 Å². The number of fused-ring (bicyclic) bond motifs is 1. The van der Waals surface area contributed by atoms with Crippen molar-refractivity contribution in [2.45, 2.75) is 38.5 Å². The van der Waals surface area contributed by atoms with Gasteiger partial charge in [0.2, 0.25) is 5.91 Å². The van der Waals surface area contributed by atoms with Gasteiger partial charge in [0.05, 0.1) is 17.6 Å². The molecular weight excluding hydrogens is 226 g/mol. The van der Waals surface area contributed by atoms with Gasteiger partial charge in [-0.1, -0.05) is 30.3 Å². The summed E-state index contributed by atoms with van der Waals surface area (Å²) in [5, 5.41) is 0. The standard InChI is InChI=1S/C15H19NO2/c1-10-13(11-7-5-4-6-8-11)18-12-9-15(12,2)14(17)16(10)3/h4-8,10,12-13H,9H2,1-3H3/t10-,12-,13+,15+/m1/s1. The summed E-state index contributed by atoms with van der Waals surface area (Å²) in [6.45, 7) is 4.07. The summed E-state index contributed by atoms with van der Waals surface area (Å²) in [6, 6.07) is 10.3. The van der Waals surface area contributed by atoms with Crippen LogP contribution in [0.4, 0.5) is 0 Å². The van der Waals surface area contributed by atoms with E-state index in [9.17, 15) is 4.79 Å². The molecule has 1 heterocycles. The molecule has 1 aromatic rings. The second kappa shape index (κ2) is 3.82. The molecular formula is C15H19NO2. The summed E-state index contributed by atoms with van der Waals surface area (Å²) in [5.41, 5.74) is 0.868. The number of likely N-dealkylation sites (N-methyl/N-ethyl adjacent to an activating group) is 1. The van der Waals surface area contributed by atoms with Crippen molar-refractivity contribution in [2.75, 3.05) is 7.05 Å². The Hall–Kier alpha value is -1.35. The number of carbonyl (C=O) groups is 1. The van der Waals surface area contributed by atoms with E-state index in [0.717, 1.165) is 12.0 Å². The van der Waals surface area contributed by atoms with Crippen LogP contribution in [0.2, 0.25) is 0 Å². The zero-order valence-corrected chi connectivity index (χ0v) is 11.1. The van der Waals surface area contributed by atoms with E-state index in [1.165, 1.54) is 0 Å². The van der Waals surface area contributed by atoms with E-state index in [1.54, 1.807) is 0 Å². The van der Waals surface area contributed by atoms with Gasteiger partial charge in [-0.3, -0.25) is 4.79 Å². The maximum absolute atomic E-state index is 12.3. The maximum atomic E-state index is 12.3. The van der Waals surface area contributed by atoms with Gasteiger partial charge in [0.1, 0.15) is 6.10 Å². The summed E-state index contributed by atoms with van der Waals surface area (Å²) in [5.74, 6) is 0.221. The number of rotatable bonds is 1. The van der Waals surface area contributed by atoms with Gasteiger partial charge in [-0.05, 0) is 25.8 Å². The van der Waals surface area contributed by atoms with Crippen molar-refractivity contribution in [3.05, 3.63) is 35.9 Å². The van der Waals surface area contributed by atoms with Crippen molar-refractivity contribution in [3.8, 4) is 0 Å². The van der Waals surface area contributed by atoms with Gasteiger partial charge in [0.25, 0.3) is 0 Å². The van der Waals surface area contributed by atoms with Crippen molar-refractivity contribution < 1.29 is 9.53 Å². The molecule has 2 fully saturated rings. The first-order chi connectivity index (χ1) is 8.54. The molecule has 0 spiro atoms. The molecule has 3 rings (SSSR count). The minimum atomic E-state index is -0.285. The molecule has 1 amide bonds. The highest BCUT2D eigenvalue weighted by molar-refractivity contribution is 5.86. The molecule has 4 atom stereocenters. The lowest BCUT2D eigenvalue weighted by Crippen LogP contribution is -2.40. The fourth-order valence-electron chi connectivity index (χ4n) is 2.83. The van der Waals surface area contributed by atoms with Crippen molar-refractivity contribution in [2.24, 2.45) is 5.41 Å². The second-order valence-electron chi connectivity index (χ2n) is 5.73. The van der Waals surface area contributed by atoms with Crippen LogP contribution < -0.4 is 0 Å². The smallest absolute Gasteiger partial charge is 0.231 e. The molecule has 0 aromatic heterocycles. The monoisotopic (exact) mass is 245 g/mol. The zero-order valence-electron chi connectivity index (χ0n) is 11.1. The van der Waals surface area contributed by atoms with Crippen LogP contribution in [0.25, 0.3) is 0 Å². The second-order valence-corrected chi connectivity index (χ2v) is 5.73. The van der Waals surface area contributed by atoms with Crippen molar-refractivity contribution in [1.29, 1.82) is 0 Å². The minimum Gasteiger partial charge on any atom is -0.367 e. The average molecular weight is 245 g/mol. The lowest BCUT2D eigenvalue weighted by Gasteiger charge is -2.30. The normalized spacial score (nSPS) is 39.2. The molecule has 0 N–H and O–H groups in total. The topological polar surface area (TPSA) is 29.5 Å². The lowest BCUT2D eigenvalue weighted by molar-refractivity contribution is -0.136. The number of nitrogens with zero attached hydrogens (tertiary/aromatic N) is 1. The van der Waals surface area contributed by atoms with Crippen molar-refractivity contribution in [3.63, 3.8) is 0 Å². The molecule has 3 heteroatoms. The van der Waals surface area contributed by atoms with Crippen LogP contribution in [0.5, 0.6) is 0 Å². The fraction of sp³-hybridized carbons (Fsp3) is 0.533. The fourth-order valence-corrected chi connectivity index (χ4v) is 2.83. The Balaban J connectivity index is 1.95. The zero-order chi connectivity index (χ0) is 12.9. The third-order valence-electron chi connectivity index (χ3n) is 4.46. The number of carbonyl (C=O) groups excluding carboxylic acids is 1. The molecule has 0 radical (unpaired) electrons. The SMILES string of the molecule is C[C@@H]1[C@@H](c2ccccc2)O[C@@H]2C[C@]2(C)C(=O)N1C. The van der Waals surface area contributed by atoms with Gasteiger partial charge < -0.3 is 9.64 Å². The maximum Gasteiger partial charge on any atom is 0.231 e. The van der Waals surface area contributed by atoms with Crippen LogP contribution >= 0.6 is 0 Å². The van der Waals surface area contributed by atoms with E-state index in [0.29, 0.717) is 0 Å². The number of ether oxygens (including phenoxy) is 1. The molecule has 1 aliphatic carbocycles. The van der Waals surface area contributed by atoms with E-state index in [1.807, 2.05) is 37.1 Å². The summed E-state index contributed by atoms with van der Waals surface area (Å²) in [6.07, 6.45) is 0.920. The van der Waals surface area contributed by atoms with E-state index in [-0.39, 0.29) is 29.6 Å². The van der Waals surface area contributed by atoms with Crippen molar-refractivity contribution in [1.82, 2.24) is 4.90 Å². The first-order valence-corrected chi connectivity index (χ1v) is 6.52. The molecule has 0 unspecified atom stereocenters. The van der Waals surface area contributed by atoms with E-state index in [2.05, 4.69) is 19.1 Å². The Morgan fingerprint density at radius 1 is 1.33 bits per heavy atom. The molecule has 1 saturated carbocycles. The number of amides is 1. The van der Waals surface area contributed by atoms with Crippen LogP contribution in [-0.2, 0) is 9.53 Å². The highest BCUT2D eigenvalue weighted by Crippen LogP contribution is 2.54. The third kappa shape index (κ3) is 1.57. The van der Waals surface area contributed by atoms with Crippen LogP contribution in [0.3, 0.4) is 0 Å². The number of benzene rings is 1. The first kappa shape index (κ1) is 11.7. The van der Waals surface area contributed by atoms with Gasteiger partial charge in [-0.25, -0.2) is 0 Å². The van der Waals surface area contributed by atoms with Gasteiger partial charge in [0, 0.05) is 7.05 Å². The molecule has 1 aromatic carbocycles. The summed E-state index contributed by atoms with van der Waals surface area (Å²) >= 11 is 0. The first-order valence-electron chi connectivity index (χ1n) is 6.52. The van der Waals surface area contributed by atoms with E-state index < -0.39 is 0 Å². The highest BCUT2D eigenvalue weighted by Gasteiger charge is 2.61. The number of hydrogen-bond donors (Lipinski definition) is 0. The quantitative estimate of drug-likeness (QED) is 0.760. The van der Waals surface area contributed by atoms with E-state index in [4.69, 9.17) is 4.74 Å². The highest BCUT2D eigenvalue weighted by atomic mass is 16.5. The Bertz CT molecular complexity index is 473.